The summed E-state index contributed by atoms with van der Waals surface area (Å²) < 4.78 is 11.0. The van der Waals surface area contributed by atoms with Gasteiger partial charge in [0, 0.05) is 6.04 Å². The van der Waals surface area contributed by atoms with Crippen LogP contribution in [0.1, 0.15) is 13.8 Å². The third kappa shape index (κ3) is 2.44. The Morgan fingerprint density at radius 3 is 2.50 bits per heavy atom. The molecule has 0 spiro atoms. The van der Waals surface area contributed by atoms with Crippen molar-refractivity contribution in [2.24, 2.45) is 5.92 Å². The van der Waals surface area contributed by atoms with E-state index in [4.69, 9.17) is 9.47 Å². The second kappa shape index (κ2) is 4.80. The first kappa shape index (κ1) is 9.96. The van der Waals surface area contributed by atoms with E-state index in [1.807, 2.05) is 7.05 Å². The van der Waals surface area contributed by atoms with Crippen LogP contribution in [0.5, 0.6) is 0 Å². The minimum atomic E-state index is 0.226. The quantitative estimate of drug-likeness (QED) is 0.679. The number of nitrogens with one attached hydrogen (secondary N) is 1. The molecule has 0 radical (unpaired) electrons. The van der Waals surface area contributed by atoms with Crippen molar-refractivity contribution in [3.05, 3.63) is 0 Å². The van der Waals surface area contributed by atoms with Gasteiger partial charge in [-0.1, -0.05) is 13.8 Å². The monoisotopic (exact) mass is 173 g/mol. The average molecular weight is 173 g/mol. The fraction of sp³-hybridized carbons (Fsp3) is 1.00. The summed E-state index contributed by atoms with van der Waals surface area (Å²) in [5, 5.41) is 3.27. The minimum absolute atomic E-state index is 0.226. The summed E-state index contributed by atoms with van der Waals surface area (Å²) >= 11 is 0. The number of ether oxygens (including phenoxy) is 2. The van der Waals surface area contributed by atoms with Crippen LogP contribution in [0.3, 0.4) is 0 Å². The predicted octanol–water partition coefficient (Wildman–Crippen LogP) is 0.646. The minimum Gasteiger partial charge on any atom is -0.376 e. The van der Waals surface area contributed by atoms with Gasteiger partial charge in [0.05, 0.1) is 25.9 Å². The molecule has 1 heterocycles. The summed E-state index contributed by atoms with van der Waals surface area (Å²) in [7, 11) is 1.97. The molecule has 1 saturated heterocycles. The number of rotatable bonds is 3. The maximum absolute atomic E-state index is 5.60. The van der Waals surface area contributed by atoms with Gasteiger partial charge in [-0.25, -0.2) is 0 Å². The van der Waals surface area contributed by atoms with Crippen LogP contribution >= 0.6 is 0 Å². The molecule has 0 bridgehead atoms. The summed E-state index contributed by atoms with van der Waals surface area (Å²) in [5.74, 6) is 0.585. The van der Waals surface area contributed by atoms with Gasteiger partial charge in [0.25, 0.3) is 0 Å². The summed E-state index contributed by atoms with van der Waals surface area (Å²) in [4.78, 5) is 0. The first-order valence-corrected chi connectivity index (χ1v) is 4.62. The maximum Gasteiger partial charge on any atom is 0.0964 e. The fourth-order valence-electron chi connectivity index (χ4n) is 1.66. The Labute approximate surface area is 74.4 Å². The highest BCUT2D eigenvalue weighted by atomic mass is 16.6. The molecule has 1 N–H and O–H groups in total. The topological polar surface area (TPSA) is 30.5 Å². The smallest absolute Gasteiger partial charge is 0.0964 e. The predicted molar refractivity (Wildman–Crippen MR) is 48.2 cm³/mol. The van der Waals surface area contributed by atoms with Gasteiger partial charge in [0.2, 0.25) is 0 Å². The second-order valence-electron chi connectivity index (χ2n) is 3.54. The molecular weight excluding hydrogens is 154 g/mol. The molecule has 3 heteroatoms. The molecule has 1 aliphatic rings. The van der Waals surface area contributed by atoms with Crippen LogP contribution in [0.2, 0.25) is 0 Å². The highest BCUT2D eigenvalue weighted by molar-refractivity contribution is 4.79. The van der Waals surface area contributed by atoms with E-state index in [0.717, 1.165) is 19.8 Å². The highest BCUT2D eigenvalue weighted by Gasteiger charge is 2.25. The molecule has 0 aromatic rings. The van der Waals surface area contributed by atoms with Crippen LogP contribution in [-0.4, -0.2) is 39.0 Å². The zero-order valence-corrected chi connectivity index (χ0v) is 8.17. The number of hydrogen-bond donors (Lipinski definition) is 1. The van der Waals surface area contributed by atoms with E-state index in [9.17, 15) is 0 Å². The lowest BCUT2D eigenvalue weighted by molar-refractivity contribution is -0.106. The van der Waals surface area contributed by atoms with E-state index >= 15 is 0 Å². The van der Waals surface area contributed by atoms with Crippen molar-refractivity contribution >= 4 is 0 Å². The molecule has 1 aliphatic heterocycles. The van der Waals surface area contributed by atoms with Crippen molar-refractivity contribution in [2.75, 3.05) is 26.9 Å². The van der Waals surface area contributed by atoms with Crippen LogP contribution in [0.15, 0.2) is 0 Å². The SMILES string of the molecule is CNC(C(C)C)C1COCCO1. The molecule has 1 fully saturated rings. The Hall–Kier alpha value is -0.120. The van der Waals surface area contributed by atoms with Crippen molar-refractivity contribution in [2.45, 2.75) is 26.0 Å². The van der Waals surface area contributed by atoms with E-state index in [1.165, 1.54) is 0 Å². The van der Waals surface area contributed by atoms with Gasteiger partial charge >= 0.3 is 0 Å². The molecule has 2 unspecified atom stereocenters. The van der Waals surface area contributed by atoms with Crippen molar-refractivity contribution in [1.82, 2.24) is 5.32 Å². The summed E-state index contributed by atoms with van der Waals surface area (Å²) in [6.07, 6.45) is 0.226. The van der Waals surface area contributed by atoms with Crippen LogP contribution < -0.4 is 5.32 Å². The van der Waals surface area contributed by atoms with Gasteiger partial charge < -0.3 is 14.8 Å². The first-order valence-electron chi connectivity index (χ1n) is 4.62. The average Bonchev–Trinajstić information content (AvgIpc) is 2.07. The zero-order chi connectivity index (χ0) is 8.97. The molecule has 0 amide bonds. The lowest BCUT2D eigenvalue weighted by atomic mass is 9.99. The molecule has 0 saturated carbocycles. The molecule has 2 atom stereocenters. The van der Waals surface area contributed by atoms with E-state index in [-0.39, 0.29) is 6.10 Å². The standard InChI is InChI=1S/C9H19NO2/c1-7(2)9(10-3)8-6-11-4-5-12-8/h7-10H,4-6H2,1-3H3. The summed E-state index contributed by atoms with van der Waals surface area (Å²) in [6.45, 7) is 6.59. The third-order valence-electron chi connectivity index (χ3n) is 2.29. The van der Waals surface area contributed by atoms with E-state index in [1.54, 1.807) is 0 Å². The molecule has 72 valence electrons. The Balaban J connectivity index is 2.40. The Morgan fingerprint density at radius 2 is 2.08 bits per heavy atom. The molecule has 3 nitrogen and oxygen atoms in total. The van der Waals surface area contributed by atoms with Gasteiger partial charge in [0.1, 0.15) is 0 Å². The maximum atomic E-state index is 5.60. The highest BCUT2D eigenvalue weighted by Crippen LogP contribution is 2.12. The Kier molecular flexibility index (Phi) is 3.98. The van der Waals surface area contributed by atoms with E-state index in [0.29, 0.717) is 12.0 Å². The third-order valence-corrected chi connectivity index (χ3v) is 2.29. The Bertz CT molecular complexity index is 122. The molecular formula is C9H19NO2. The van der Waals surface area contributed by atoms with Crippen LogP contribution in [0, 0.1) is 5.92 Å². The van der Waals surface area contributed by atoms with Gasteiger partial charge in [-0.3, -0.25) is 0 Å². The molecule has 12 heavy (non-hydrogen) atoms. The van der Waals surface area contributed by atoms with Crippen LogP contribution in [-0.2, 0) is 9.47 Å². The van der Waals surface area contributed by atoms with Gasteiger partial charge in [-0.2, -0.15) is 0 Å². The first-order chi connectivity index (χ1) is 5.75. The summed E-state index contributed by atoms with van der Waals surface area (Å²) in [5.41, 5.74) is 0. The van der Waals surface area contributed by atoms with Crippen molar-refractivity contribution < 1.29 is 9.47 Å². The zero-order valence-electron chi connectivity index (χ0n) is 8.17. The van der Waals surface area contributed by atoms with Crippen LogP contribution in [0.25, 0.3) is 0 Å². The van der Waals surface area contributed by atoms with Crippen molar-refractivity contribution in [3.63, 3.8) is 0 Å². The van der Waals surface area contributed by atoms with Gasteiger partial charge in [-0.15, -0.1) is 0 Å². The van der Waals surface area contributed by atoms with Crippen LogP contribution in [0.4, 0.5) is 0 Å². The van der Waals surface area contributed by atoms with Crippen molar-refractivity contribution in [3.8, 4) is 0 Å². The van der Waals surface area contributed by atoms with Gasteiger partial charge in [0.15, 0.2) is 0 Å². The van der Waals surface area contributed by atoms with E-state index < -0.39 is 0 Å². The number of hydrogen-bond acceptors (Lipinski definition) is 3. The Morgan fingerprint density at radius 1 is 1.33 bits per heavy atom. The second-order valence-corrected chi connectivity index (χ2v) is 3.54. The molecule has 0 aliphatic carbocycles. The largest absolute Gasteiger partial charge is 0.376 e. The number of likely N-dealkylation sites (N-methyl/N-ethyl adjacent to an activating group) is 1. The lowest BCUT2D eigenvalue weighted by Crippen LogP contribution is -2.48. The van der Waals surface area contributed by atoms with Gasteiger partial charge in [-0.05, 0) is 13.0 Å². The van der Waals surface area contributed by atoms with Crippen molar-refractivity contribution in [1.29, 1.82) is 0 Å². The normalized spacial score (nSPS) is 27.5. The molecule has 1 rings (SSSR count). The van der Waals surface area contributed by atoms with E-state index in [2.05, 4.69) is 19.2 Å². The molecule has 0 aromatic carbocycles. The lowest BCUT2D eigenvalue weighted by Gasteiger charge is -2.32. The summed E-state index contributed by atoms with van der Waals surface area (Å²) in [6, 6.07) is 0.408. The molecule has 0 aromatic heterocycles. The fourth-order valence-corrected chi connectivity index (χ4v) is 1.66.